The minimum atomic E-state index is -0.272. The lowest BCUT2D eigenvalue weighted by molar-refractivity contribution is -0.915. The fourth-order valence-corrected chi connectivity index (χ4v) is 3.47. The van der Waals surface area contributed by atoms with Crippen LogP contribution in [0.4, 0.5) is 5.69 Å². The van der Waals surface area contributed by atoms with Crippen molar-refractivity contribution in [2.24, 2.45) is 0 Å². The number of carbonyl (C=O) groups excluding carboxylic acids is 1. The third kappa shape index (κ3) is 5.76. The maximum atomic E-state index is 12.3. The van der Waals surface area contributed by atoms with Crippen LogP contribution < -0.4 is 30.0 Å². The zero-order valence-electron chi connectivity index (χ0n) is 17.6. The van der Waals surface area contributed by atoms with Crippen molar-refractivity contribution in [2.45, 2.75) is 19.9 Å². The van der Waals surface area contributed by atoms with Crippen molar-refractivity contribution in [3.63, 3.8) is 0 Å². The number of nitrogens with zero attached hydrogens (tertiary/aromatic N) is 1. The van der Waals surface area contributed by atoms with Crippen molar-refractivity contribution in [2.75, 3.05) is 51.3 Å². The lowest BCUT2D eigenvalue weighted by atomic mass is 10.2. The molecule has 0 atom stereocenters. The summed E-state index contributed by atoms with van der Waals surface area (Å²) in [5.74, 6) is 1.30. The fourth-order valence-electron chi connectivity index (χ4n) is 3.47. The van der Waals surface area contributed by atoms with Crippen LogP contribution in [0.5, 0.6) is 11.5 Å². The number of ether oxygens (including phenoxy) is 2. The number of carbonyl (C=O) groups is 1. The van der Waals surface area contributed by atoms with Crippen LogP contribution in [0.25, 0.3) is 0 Å². The third-order valence-corrected chi connectivity index (χ3v) is 5.10. The van der Waals surface area contributed by atoms with Crippen molar-refractivity contribution in [3.8, 4) is 11.5 Å². The first-order chi connectivity index (χ1) is 14.6. The quantitative estimate of drug-likeness (QED) is 0.618. The van der Waals surface area contributed by atoms with E-state index in [0.717, 1.165) is 44.0 Å². The number of piperazine rings is 1. The van der Waals surface area contributed by atoms with Crippen molar-refractivity contribution >= 4 is 11.6 Å². The SMILES string of the molecule is CCCNC(=O)COc1coc(C[NH+]2CCN(c3ccccc3OC)CC2)cc1=O. The van der Waals surface area contributed by atoms with E-state index in [9.17, 15) is 9.59 Å². The predicted molar refractivity (Wildman–Crippen MR) is 113 cm³/mol. The molecule has 1 saturated heterocycles. The number of rotatable bonds is 9. The molecule has 162 valence electrons. The Labute approximate surface area is 176 Å². The van der Waals surface area contributed by atoms with Crippen LogP contribution in [0.1, 0.15) is 19.1 Å². The Kier molecular flexibility index (Phi) is 7.73. The molecule has 0 spiro atoms. The topological polar surface area (TPSA) is 85.4 Å². The van der Waals surface area contributed by atoms with E-state index in [1.807, 2.05) is 25.1 Å². The molecule has 1 amide bonds. The smallest absolute Gasteiger partial charge is 0.257 e. The number of anilines is 1. The van der Waals surface area contributed by atoms with Gasteiger partial charge in [-0.05, 0) is 18.6 Å². The first-order valence-corrected chi connectivity index (χ1v) is 10.3. The van der Waals surface area contributed by atoms with Gasteiger partial charge in [-0.3, -0.25) is 9.59 Å². The molecule has 1 aromatic heterocycles. The lowest BCUT2D eigenvalue weighted by Crippen LogP contribution is -3.13. The Morgan fingerprint density at radius 3 is 2.70 bits per heavy atom. The molecular formula is C22H30N3O5+. The molecule has 2 heterocycles. The van der Waals surface area contributed by atoms with Crippen molar-refractivity contribution < 1.29 is 23.6 Å². The van der Waals surface area contributed by atoms with Gasteiger partial charge < -0.3 is 29.0 Å². The van der Waals surface area contributed by atoms with Crippen LogP contribution in [0.3, 0.4) is 0 Å². The van der Waals surface area contributed by atoms with Gasteiger partial charge in [0, 0.05) is 12.6 Å². The number of nitrogens with one attached hydrogen (secondary N) is 2. The summed E-state index contributed by atoms with van der Waals surface area (Å²) in [6, 6.07) is 9.49. The number of quaternary nitrogens is 1. The minimum Gasteiger partial charge on any atom is -0.495 e. The molecule has 0 saturated carbocycles. The average Bonchev–Trinajstić information content (AvgIpc) is 2.77. The maximum absolute atomic E-state index is 12.3. The summed E-state index contributed by atoms with van der Waals surface area (Å²) in [6.07, 6.45) is 2.15. The molecular weight excluding hydrogens is 386 g/mol. The summed E-state index contributed by atoms with van der Waals surface area (Å²) in [4.78, 5) is 27.5. The van der Waals surface area contributed by atoms with Gasteiger partial charge in [0.1, 0.15) is 18.6 Å². The number of para-hydroxylation sites is 2. The van der Waals surface area contributed by atoms with E-state index < -0.39 is 0 Å². The van der Waals surface area contributed by atoms with Gasteiger partial charge in [0.15, 0.2) is 12.4 Å². The molecule has 1 aromatic carbocycles. The Bertz CT molecular complexity index is 890. The van der Waals surface area contributed by atoms with Crippen molar-refractivity contribution in [1.29, 1.82) is 0 Å². The zero-order chi connectivity index (χ0) is 21.3. The van der Waals surface area contributed by atoms with E-state index in [-0.39, 0.29) is 23.7 Å². The number of hydrogen-bond acceptors (Lipinski definition) is 6. The molecule has 0 radical (unpaired) electrons. The Morgan fingerprint density at radius 2 is 2.00 bits per heavy atom. The Balaban J connectivity index is 1.51. The normalized spacial score (nSPS) is 14.4. The lowest BCUT2D eigenvalue weighted by Gasteiger charge is -2.34. The third-order valence-electron chi connectivity index (χ3n) is 5.10. The average molecular weight is 416 g/mol. The first kappa shape index (κ1) is 21.7. The monoisotopic (exact) mass is 416 g/mol. The number of methoxy groups -OCH3 is 1. The van der Waals surface area contributed by atoms with Crippen LogP contribution in [-0.2, 0) is 11.3 Å². The van der Waals surface area contributed by atoms with Crippen molar-refractivity contribution in [3.05, 3.63) is 52.6 Å². The van der Waals surface area contributed by atoms with E-state index in [1.54, 1.807) is 7.11 Å². The van der Waals surface area contributed by atoms with E-state index in [0.29, 0.717) is 18.8 Å². The van der Waals surface area contributed by atoms with Gasteiger partial charge in [-0.25, -0.2) is 0 Å². The van der Waals surface area contributed by atoms with Gasteiger partial charge in [-0.1, -0.05) is 19.1 Å². The molecule has 2 N–H and O–H groups in total. The molecule has 1 aliphatic heterocycles. The highest BCUT2D eigenvalue weighted by molar-refractivity contribution is 5.77. The molecule has 0 unspecified atom stereocenters. The number of hydrogen-bond donors (Lipinski definition) is 2. The summed E-state index contributed by atoms with van der Waals surface area (Å²) in [6.45, 7) is 6.64. The second kappa shape index (κ2) is 10.7. The highest BCUT2D eigenvalue weighted by atomic mass is 16.5. The summed E-state index contributed by atoms with van der Waals surface area (Å²) in [5.41, 5.74) is 0.835. The van der Waals surface area contributed by atoms with E-state index in [1.165, 1.54) is 17.2 Å². The van der Waals surface area contributed by atoms with Crippen LogP contribution in [0, 0.1) is 0 Å². The van der Waals surface area contributed by atoms with Gasteiger partial charge in [-0.15, -0.1) is 0 Å². The molecule has 2 aromatic rings. The molecule has 8 nitrogen and oxygen atoms in total. The Hall–Kier alpha value is -3.00. The molecule has 30 heavy (non-hydrogen) atoms. The summed E-state index contributed by atoms with van der Waals surface area (Å²) < 4.78 is 16.3. The second-order valence-corrected chi connectivity index (χ2v) is 7.30. The van der Waals surface area contributed by atoms with E-state index in [4.69, 9.17) is 13.9 Å². The Morgan fingerprint density at radius 1 is 1.23 bits per heavy atom. The number of amides is 1. The van der Waals surface area contributed by atoms with Gasteiger partial charge in [-0.2, -0.15) is 0 Å². The minimum absolute atomic E-state index is 0.0568. The summed E-state index contributed by atoms with van der Waals surface area (Å²) >= 11 is 0. The van der Waals surface area contributed by atoms with Gasteiger partial charge in [0.2, 0.25) is 11.2 Å². The molecule has 8 heteroatoms. The molecule has 1 fully saturated rings. The van der Waals surface area contributed by atoms with Gasteiger partial charge in [0.05, 0.1) is 39.0 Å². The highest BCUT2D eigenvalue weighted by Crippen LogP contribution is 2.27. The van der Waals surface area contributed by atoms with Gasteiger partial charge >= 0.3 is 0 Å². The molecule has 3 rings (SSSR count). The first-order valence-electron chi connectivity index (χ1n) is 10.3. The molecule has 0 bridgehead atoms. The zero-order valence-corrected chi connectivity index (χ0v) is 17.6. The van der Waals surface area contributed by atoms with E-state index >= 15 is 0 Å². The largest absolute Gasteiger partial charge is 0.495 e. The number of benzene rings is 1. The fraction of sp³-hybridized carbons (Fsp3) is 0.455. The van der Waals surface area contributed by atoms with Crippen LogP contribution >= 0.6 is 0 Å². The van der Waals surface area contributed by atoms with Crippen LogP contribution in [0.2, 0.25) is 0 Å². The highest BCUT2D eigenvalue weighted by Gasteiger charge is 2.23. The molecule has 1 aliphatic rings. The van der Waals surface area contributed by atoms with Crippen molar-refractivity contribution in [1.82, 2.24) is 5.32 Å². The maximum Gasteiger partial charge on any atom is 0.257 e. The van der Waals surface area contributed by atoms with Crippen LogP contribution in [0.15, 0.2) is 45.8 Å². The standard InChI is InChI=1S/C22H29N3O5/c1-3-8-23-22(27)16-30-21-15-29-17(13-19(21)26)14-24-9-11-25(12-10-24)18-6-4-5-7-20(18)28-2/h4-7,13,15H,3,8-12,14,16H2,1-2H3,(H,23,27)/p+1. The van der Waals surface area contributed by atoms with E-state index in [2.05, 4.69) is 16.3 Å². The summed E-state index contributed by atoms with van der Waals surface area (Å²) in [5, 5.41) is 2.70. The summed E-state index contributed by atoms with van der Waals surface area (Å²) in [7, 11) is 1.69. The van der Waals surface area contributed by atoms with Crippen LogP contribution in [-0.4, -0.2) is 52.3 Å². The predicted octanol–water partition coefficient (Wildman–Crippen LogP) is 0.459. The second-order valence-electron chi connectivity index (χ2n) is 7.30. The molecule has 0 aliphatic carbocycles. The van der Waals surface area contributed by atoms with Gasteiger partial charge in [0.25, 0.3) is 5.91 Å².